The van der Waals surface area contributed by atoms with Crippen molar-refractivity contribution in [2.24, 2.45) is 17.8 Å². The number of β-amino-alcohol motifs (C(OH)–C–C–N with tert-alkyl or cyclic N) is 1. The summed E-state index contributed by atoms with van der Waals surface area (Å²) in [5.41, 5.74) is 1.97. The summed E-state index contributed by atoms with van der Waals surface area (Å²) in [5, 5.41) is 13.7. The van der Waals surface area contributed by atoms with Crippen molar-refractivity contribution in [3.63, 3.8) is 0 Å². The molecule has 2 bridgehead atoms. The lowest BCUT2D eigenvalue weighted by Gasteiger charge is -2.33. The number of pyridine rings is 1. The summed E-state index contributed by atoms with van der Waals surface area (Å²) in [6, 6.07) is 11.5. The van der Waals surface area contributed by atoms with E-state index < -0.39 is 0 Å². The fourth-order valence-electron chi connectivity index (χ4n) is 6.06. The summed E-state index contributed by atoms with van der Waals surface area (Å²) in [4.78, 5) is 6.70. The third kappa shape index (κ3) is 4.10. The smallest absolute Gasteiger partial charge is 0.128 e. The van der Waals surface area contributed by atoms with Gasteiger partial charge in [-0.1, -0.05) is 24.6 Å². The number of rotatable bonds is 6. The molecule has 0 radical (unpaired) electrons. The van der Waals surface area contributed by atoms with Crippen LogP contribution in [0.25, 0.3) is 0 Å². The Hall–Kier alpha value is -1.98. The molecule has 2 N–H and O–H groups in total. The van der Waals surface area contributed by atoms with E-state index in [1.165, 1.54) is 25.7 Å². The summed E-state index contributed by atoms with van der Waals surface area (Å²) in [6.07, 6.45) is 8.60. The number of piperidine rings is 1. The largest absolute Gasteiger partial charge is 0.391 e. The number of aliphatic hydroxyl groups is 1. The van der Waals surface area contributed by atoms with Crippen LogP contribution in [0.4, 0.5) is 10.2 Å². The van der Waals surface area contributed by atoms with Gasteiger partial charge in [0.05, 0.1) is 6.10 Å². The maximum atomic E-state index is 14.7. The Morgan fingerprint density at radius 3 is 2.83 bits per heavy atom. The molecule has 4 nitrogen and oxygen atoms in total. The average Bonchev–Trinajstić information content (AvgIpc) is 3.39. The topological polar surface area (TPSA) is 48.4 Å². The van der Waals surface area contributed by atoms with Gasteiger partial charge in [-0.3, -0.25) is 0 Å². The highest BCUT2D eigenvalue weighted by molar-refractivity contribution is 5.41. The van der Waals surface area contributed by atoms with Gasteiger partial charge in [0.15, 0.2) is 0 Å². The van der Waals surface area contributed by atoms with Crippen molar-refractivity contribution in [1.29, 1.82) is 0 Å². The van der Waals surface area contributed by atoms with E-state index in [9.17, 15) is 9.50 Å². The fraction of sp³-hybridized carbons (Fsp3) is 0.560. The molecule has 1 aliphatic heterocycles. The van der Waals surface area contributed by atoms with Gasteiger partial charge >= 0.3 is 0 Å². The molecule has 1 saturated heterocycles. The number of aromatic nitrogens is 1. The Balaban J connectivity index is 1.33. The minimum atomic E-state index is -0.273. The first-order chi connectivity index (χ1) is 14.7. The quantitative estimate of drug-likeness (QED) is 0.740. The van der Waals surface area contributed by atoms with Crippen LogP contribution in [0.3, 0.4) is 0 Å². The van der Waals surface area contributed by atoms with Gasteiger partial charge in [0.2, 0.25) is 0 Å². The number of hydrogen-bond donors (Lipinski definition) is 2. The predicted molar refractivity (Wildman–Crippen MR) is 117 cm³/mol. The van der Waals surface area contributed by atoms with Crippen LogP contribution in [0.15, 0.2) is 42.6 Å². The van der Waals surface area contributed by atoms with Crippen LogP contribution in [0.5, 0.6) is 0 Å². The van der Waals surface area contributed by atoms with Crippen LogP contribution in [0, 0.1) is 23.6 Å². The number of hydrogen-bond acceptors (Lipinski definition) is 4. The average molecular weight is 410 g/mol. The van der Waals surface area contributed by atoms with Crippen molar-refractivity contribution in [3.05, 3.63) is 59.5 Å². The number of nitrogens with one attached hydrogen (secondary N) is 1. The van der Waals surface area contributed by atoms with Gasteiger partial charge in [0.25, 0.3) is 0 Å². The third-order valence-electron chi connectivity index (χ3n) is 7.52. The second-order valence-corrected chi connectivity index (χ2v) is 9.48. The van der Waals surface area contributed by atoms with E-state index in [-0.39, 0.29) is 18.0 Å². The number of benzene rings is 1. The number of aliphatic hydroxyl groups excluding tert-OH is 1. The Morgan fingerprint density at radius 2 is 2.07 bits per heavy atom. The first-order valence-corrected chi connectivity index (χ1v) is 11.5. The summed E-state index contributed by atoms with van der Waals surface area (Å²) in [5.74, 6) is 2.88. The second kappa shape index (κ2) is 8.64. The summed E-state index contributed by atoms with van der Waals surface area (Å²) < 4.78 is 14.7. The zero-order valence-electron chi connectivity index (χ0n) is 17.5. The summed E-state index contributed by atoms with van der Waals surface area (Å²) >= 11 is 0. The van der Waals surface area contributed by atoms with Crippen LogP contribution in [0.1, 0.15) is 55.7 Å². The molecule has 1 aromatic carbocycles. The molecule has 2 saturated carbocycles. The molecule has 30 heavy (non-hydrogen) atoms. The fourth-order valence-corrected chi connectivity index (χ4v) is 6.06. The Kier molecular flexibility index (Phi) is 5.74. The molecule has 2 aliphatic carbocycles. The lowest BCUT2D eigenvalue weighted by Crippen LogP contribution is -2.38. The zero-order valence-corrected chi connectivity index (χ0v) is 17.5. The summed E-state index contributed by atoms with van der Waals surface area (Å²) in [7, 11) is 0. The molecule has 1 aromatic heterocycles. The molecule has 0 amide bonds. The predicted octanol–water partition coefficient (Wildman–Crippen LogP) is 4.45. The molecule has 5 rings (SSSR count). The lowest BCUT2D eigenvalue weighted by molar-refractivity contribution is 0.154. The van der Waals surface area contributed by atoms with Crippen molar-refractivity contribution >= 4 is 5.82 Å². The van der Waals surface area contributed by atoms with Gasteiger partial charge in [0.1, 0.15) is 11.6 Å². The van der Waals surface area contributed by atoms with E-state index in [4.69, 9.17) is 0 Å². The van der Waals surface area contributed by atoms with E-state index in [0.717, 1.165) is 48.2 Å². The second-order valence-electron chi connectivity index (χ2n) is 9.48. The van der Waals surface area contributed by atoms with Gasteiger partial charge in [-0.05, 0) is 73.6 Å². The van der Waals surface area contributed by atoms with Gasteiger partial charge in [-0.15, -0.1) is 0 Å². The van der Waals surface area contributed by atoms with Gasteiger partial charge in [0, 0.05) is 37.4 Å². The molecule has 160 valence electrons. The van der Waals surface area contributed by atoms with E-state index >= 15 is 0 Å². The maximum Gasteiger partial charge on any atom is 0.128 e. The third-order valence-corrected chi connectivity index (χ3v) is 7.52. The molecule has 0 spiro atoms. The highest BCUT2D eigenvalue weighted by Gasteiger charge is 2.43. The number of halogens is 1. The van der Waals surface area contributed by atoms with Crippen molar-refractivity contribution in [2.75, 3.05) is 18.0 Å². The zero-order chi connectivity index (χ0) is 20.5. The van der Waals surface area contributed by atoms with Crippen LogP contribution in [-0.4, -0.2) is 29.3 Å². The van der Waals surface area contributed by atoms with Crippen molar-refractivity contribution in [3.8, 4) is 0 Å². The van der Waals surface area contributed by atoms with Crippen molar-refractivity contribution in [1.82, 2.24) is 10.3 Å². The van der Waals surface area contributed by atoms with Gasteiger partial charge in [-0.2, -0.15) is 0 Å². The minimum absolute atomic E-state index is 0.0509. The van der Waals surface area contributed by atoms with Gasteiger partial charge in [-0.25, -0.2) is 9.37 Å². The van der Waals surface area contributed by atoms with Crippen molar-refractivity contribution in [2.45, 2.75) is 57.2 Å². The van der Waals surface area contributed by atoms with E-state index in [1.54, 1.807) is 12.1 Å². The molecule has 0 unspecified atom stereocenters. The molecule has 5 atom stereocenters. The van der Waals surface area contributed by atoms with Gasteiger partial charge < -0.3 is 15.3 Å². The monoisotopic (exact) mass is 409 g/mol. The number of anilines is 1. The number of nitrogens with zero attached hydrogens (tertiary/aromatic N) is 2. The molecule has 2 aromatic rings. The molecular formula is C25H32FN3O. The molecule has 3 fully saturated rings. The molecule has 2 heterocycles. The number of fused-ring (bicyclic) bond motifs is 2. The maximum absolute atomic E-state index is 14.7. The minimum Gasteiger partial charge on any atom is -0.391 e. The standard InChI is InChI=1S/C25H32FN3O/c26-23-6-2-1-5-21(23)25(22-13-17-7-8-19(22)12-17)28-15-18-9-10-27-24(14-18)29-11-3-4-20(30)16-29/h1-2,5-6,9-10,14,17,19-20,22,25,28,30H,3-4,7-8,11-13,15-16H2/t17-,19-,20+,22+,25-/m0/s1. The summed E-state index contributed by atoms with van der Waals surface area (Å²) in [6.45, 7) is 2.27. The van der Waals surface area contributed by atoms with Crippen molar-refractivity contribution < 1.29 is 9.50 Å². The first-order valence-electron chi connectivity index (χ1n) is 11.5. The first kappa shape index (κ1) is 20.0. The van der Waals surface area contributed by atoms with Crippen LogP contribution in [0.2, 0.25) is 0 Å². The molecule has 5 heteroatoms. The van der Waals surface area contributed by atoms with E-state index in [1.807, 2.05) is 24.4 Å². The SMILES string of the molecule is O[C@@H]1CCCN(c2cc(CN[C@@H](c3ccccc3F)[C@@H]3C[C@H]4CC[C@H]3C4)ccn2)C1. The molecular weight excluding hydrogens is 377 g/mol. The Labute approximate surface area is 178 Å². The highest BCUT2D eigenvalue weighted by atomic mass is 19.1. The molecule has 3 aliphatic rings. The van der Waals surface area contributed by atoms with E-state index in [0.29, 0.717) is 19.0 Å². The van der Waals surface area contributed by atoms with Crippen LogP contribution >= 0.6 is 0 Å². The lowest BCUT2D eigenvalue weighted by atomic mass is 9.80. The van der Waals surface area contributed by atoms with Crippen LogP contribution < -0.4 is 10.2 Å². The Bertz CT molecular complexity index is 875. The Morgan fingerprint density at radius 1 is 1.17 bits per heavy atom. The normalized spacial score (nSPS) is 29.3. The van der Waals surface area contributed by atoms with E-state index in [2.05, 4.69) is 21.3 Å². The highest BCUT2D eigenvalue weighted by Crippen LogP contribution is 2.52. The van der Waals surface area contributed by atoms with Crippen LogP contribution in [-0.2, 0) is 6.54 Å².